The largest absolute Gasteiger partial charge is 0.463 e. The molecule has 5 atom stereocenters. The van der Waals surface area contributed by atoms with Gasteiger partial charge in [0.05, 0.1) is 0 Å². The zero-order chi connectivity index (χ0) is 20.4. The van der Waals surface area contributed by atoms with E-state index in [1.807, 2.05) is 0 Å². The van der Waals surface area contributed by atoms with E-state index in [1.165, 1.54) is 20.8 Å². The van der Waals surface area contributed by atoms with Gasteiger partial charge in [-0.1, -0.05) is 26.2 Å². The van der Waals surface area contributed by atoms with Crippen LogP contribution < -0.4 is 0 Å². The number of carbonyl (C=O) groups excluding carboxylic acids is 3. The second kappa shape index (κ2) is 11.9. The Labute approximate surface area is 159 Å². The number of unbranched alkanes of at least 4 members (excludes halogenated alkanes) is 3. The summed E-state index contributed by atoms with van der Waals surface area (Å²) >= 11 is 0. The van der Waals surface area contributed by atoms with Crippen LogP contribution in [-0.4, -0.2) is 66.9 Å². The summed E-state index contributed by atoms with van der Waals surface area (Å²) in [6.45, 7) is 5.80. The first kappa shape index (κ1) is 23.3. The van der Waals surface area contributed by atoms with Crippen LogP contribution in [0.5, 0.6) is 0 Å². The first-order valence-electron chi connectivity index (χ1n) is 9.19. The Morgan fingerprint density at radius 1 is 0.889 bits per heavy atom. The predicted octanol–water partition coefficient (Wildman–Crippen LogP) is 1.10. The van der Waals surface area contributed by atoms with Crippen molar-refractivity contribution in [3.8, 4) is 0 Å². The smallest absolute Gasteiger partial charge is 0.303 e. The fourth-order valence-corrected chi connectivity index (χ4v) is 2.82. The average Bonchev–Trinajstić information content (AvgIpc) is 2.57. The van der Waals surface area contributed by atoms with Gasteiger partial charge in [-0.2, -0.15) is 0 Å². The molecule has 1 aliphatic heterocycles. The van der Waals surface area contributed by atoms with E-state index in [2.05, 4.69) is 6.92 Å². The van der Waals surface area contributed by atoms with Gasteiger partial charge in [0.15, 0.2) is 18.5 Å². The third-order valence-corrected chi connectivity index (χ3v) is 3.97. The molecule has 0 saturated carbocycles. The first-order chi connectivity index (χ1) is 12.8. The summed E-state index contributed by atoms with van der Waals surface area (Å²) in [7, 11) is 0. The number of carbonyl (C=O) groups is 3. The number of rotatable bonds is 10. The van der Waals surface area contributed by atoms with Crippen LogP contribution in [0, 0.1) is 0 Å². The van der Waals surface area contributed by atoms with Gasteiger partial charge in [0, 0.05) is 27.4 Å². The quantitative estimate of drug-likeness (QED) is 0.332. The van der Waals surface area contributed by atoms with E-state index in [0.29, 0.717) is 6.61 Å². The van der Waals surface area contributed by atoms with Crippen molar-refractivity contribution in [2.24, 2.45) is 0 Å². The molecule has 0 aliphatic carbocycles. The summed E-state index contributed by atoms with van der Waals surface area (Å²) < 4.78 is 26.6. The van der Waals surface area contributed by atoms with E-state index >= 15 is 0 Å². The van der Waals surface area contributed by atoms with Gasteiger partial charge >= 0.3 is 17.9 Å². The molecule has 1 N–H and O–H groups in total. The predicted molar refractivity (Wildman–Crippen MR) is 92.5 cm³/mol. The van der Waals surface area contributed by atoms with Crippen molar-refractivity contribution in [3.63, 3.8) is 0 Å². The summed E-state index contributed by atoms with van der Waals surface area (Å²) in [4.78, 5) is 34.1. The van der Waals surface area contributed by atoms with Crippen molar-refractivity contribution < 1.29 is 43.2 Å². The second-order valence-corrected chi connectivity index (χ2v) is 6.41. The molecule has 9 nitrogen and oxygen atoms in total. The number of aliphatic hydroxyl groups excluding tert-OH is 1. The van der Waals surface area contributed by atoms with E-state index in [9.17, 15) is 19.5 Å². The van der Waals surface area contributed by atoms with Crippen LogP contribution in [0.1, 0.15) is 53.4 Å². The molecular formula is C18H30O9. The summed E-state index contributed by atoms with van der Waals surface area (Å²) in [5.41, 5.74) is 0. The lowest BCUT2D eigenvalue weighted by atomic mass is 9.98. The molecule has 9 heteroatoms. The minimum atomic E-state index is -1.51. The van der Waals surface area contributed by atoms with Crippen molar-refractivity contribution >= 4 is 17.9 Å². The summed E-state index contributed by atoms with van der Waals surface area (Å²) in [5.74, 6) is -1.79. The molecular weight excluding hydrogens is 360 g/mol. The van der Waals surface area contributed by atoms with E-state index in [1.54, 1.807) is 0 Å². The Morgan fingerprint density at radius 2 is 1.52 bits per heavy atom. The zero-order valence-electron chi connectivity index (χ0n) is 16.3. The van der Waals surface area contributed by atoms with Crippen LogP contribution in [0.4, 0.5) is 0 Å². The molecule has 0 spiro atoms. The standard InChI is InChI=1S/C18H30O9/c1-5-6-7-8-9-23-16-15(25-12(3)20)14(10-24-11(2)19)27-18(22)17(16)26-13(4)21/h14-18,22H,5-10H2,1-4H3/t14-,15-,16+,17-,18+/m1/s1. The highest BCUT2D eigenvalue weighted by molar-refractivity contribution is 5.67. The molecule has 0 radical (unpaired) electrons. The van der Waals surface area contributed by atoms with E-state index in [-0.39, 0.29) is 6.61 Å². The fraction of sp³-hybridized carbons (Fsp3) is 0.833. The van der Waals surface area contributed by atoms with E-state index < -0.39 is 48.6 Å². The first-order valence-corrected chi connectivity index (χ1v) is 9.19. The molecule has 0 amide bonds. The van der Waals surface area contributed by atoms with Gasteiger partial charge in [-0.15, -0.1) is 0 Å². The Bertz CT molecular complexity index is 493. The highest BCUT2D eigenvalue weighted by atomic mass is 16.7. The van der Waals surface area contributed by atoms with Crippen LogP contribution in [-0.2, 0) is 38.1 Å². The number of ether oxygens (including phenoxy) is 5. The lowest BCUT2D eigenvalue weighted by molar-refractivity contribution is -0.300. The molecule has 1 fully saturated rings. The summed E-state index contributed by atoms with van der Waals surface area (Å²) in [5, 5.41) is 10.3. The highest BCUT2D eigenvalue weighted by Gasteiger charge is 2.50. The van der Waals surface area contributed by atoms with Gasteiger partial charge in [0.25, 0.3) is 0 Å². The van der Waals surface area contributed by atoms with Gasteiger partial charge in [-0.05, 0) is 6.42 Å². The van der Waals surface area contributed by atoms with E-state index in [0.717, 1.165) is 25.7 Å². The number of hydrogen-bond donors (Lipinski definition) is 1. The molecule has 1 heterocycles. The second-order valence-electron chi connectivity index (χ2n) is 6.41. The number of esters is 3. The molecule has 0 bridgehead atoms. The molecule has 0 unspecified atom stereocenters. The highest BCUT2D eigenvalue weighted by Crippen LogP contribution is 2.28. The topological polar surface area (TPSA) is 118 Å². The van der Waals surface area contributed by atoms with Crippen LogP contribution in [0.25, 0.3) is 0 Å². The van der Waals surface area contributed by atoms with Crippen LogP contribution in [0.3, 0.4) is 0 Å². The Kier molecular flexibility index (Phi) is 10.3. The van der Waals surface area contributed by atoms with Crippen molar-refractivity contribution in [2.45, 2.75) is 84.1 Å². The maximum absolute atomic E-state index is 11.6. The molecule has 0 aromatic heterocycles. The van der Waals surface area contributed by atoms with Crippen LogP contribution >= 0.6 is 0 Å². The molecule has 27 heavy (non-hydrogen) atoms. The van der Waals surface area contributed by atoms with Crippen molar-refractivity contribution in [2.75, 3.05) is 13.2 Å². The number of aliphatic hydroxyl groups is 1. The van der Waals surface area contributed by atoms with Crippen molar-refractivity contribution in [1.82, 2.24) is 0 Å². The molecule has 0 aromatic carbocycles. The van der Waals surface area contributed by atoms with Gasteiger partial charge in [0.2, 0.25) is 0 Å². The molecule has 1 rings (SSSR count). The lowest BCUT2D eigenvalue weighted by Crippen LogP contribution is -2.62. The third kappa shape index (κ3) is 8.23. The maximum Gasteiger partial charge on any atom is 0.303 e. The normalized spacial score (nSPS) is 27.7. The van der Waals surface area contributed by atoms with Gasteiger partial charge < -0.3 is 28.8 Å². The van der Waals surface area contributed by atoms with Crippen LogP contribution in [0.2, 0.25) is 0 Å². The van der Waals surface area contributed by atoms with Gasteiger partial charge in [0.1, 0.15) is 18.8 Å². The minimum absolute atomic E-state index is 0.243. The van der Waals surface area contributed by atoms with Crippen LogP contribution in [0.15, 0.2) is 0 Å². The molecule has 0 aromatic rings. The zero-order valence-corrected chi connectivity index (χ0v) is 16.3. The SMILES string of the molecule is CCCCCCO[C@@H]1[C@@H](OC(C)=O)[C@@H](O)O[C@H](COC(C)=O)[C@H]1OC(C)=O. The minimum Gasteiger partial charge on any atom is -0.463 e. The van der Waals surface area contributed by atoms with Gasteiger partial charge in [-0.3, -0.25) is 14.4 Å². The third-order valence-electron chi connectivity index (χ3n) is 3.97. The molecule has 1 saturated heterocycles. The fourth-order valence-electron chi connectivity index (χ4n) is 2.82. The monoisotopic (exact) mass is 390 g/mol. The average molecular weight is 390 g/mol. The molecule has 1 aliphatic rings. The maximum atomic E-state index is 11.6. The Morgan fingerprint density at radius 3 is 2.07 bits per heavy atom. The molecule has 156 valence electrons. The van der Waals surface area contributed by atoms with E-state index in [4.69, 9.17) is 23.7 Å². The number of hydrogen-bond acceptors (Lipinski definition) is 9. The van der Waals surface area contributed by atoms with Crippen molar-refractivity contribution in [3.05, 3.63) is 0 Å². The Balaban J connectivity index is 2.95. The Hall–Kier alpha value is -1.71. The lowest BCUT2D eigenvalue weighted by Gasteiger charge is -2.43. The summed E-state index contributed by atoms with van der Waals surface area (Å²) in [6.07, 6.45) is -1.79. The van der Waals surface area contributed by atoms with Crippen molar-refractivity contribution in [1.29, 1.82) is 0 Å². The summed E-state index contributed by atoms with van der Waals surface area (Å²) in [6, 6.07) is 0. The van der Waals surface area contributed by atoms with Gasteiger partial charge in [-0.25, -0.2) is 0 Å².